The van der Waals surface area contributed by atoms with Crippen LogP contribution in [0.4, 0.5) is 0 Å². The molecule has 21 N–H and O–H groups in total. The Bertz CT molecular complexity index is 2930. The first-order chi connectivity index (χ1) is 56.2. The highest BCUT2D eigenvalue weighted by molar-refractivity contribution is 5.95. The van der Waals surface area contributed by atoms with Crippen LogP contribution in [0.15, 0.2) is 0 Å². The lowest BCUT2D eigenvalue weighted by Crippen LogP contribution is -2.64. The van der Waals surface area contributed by atoms with E-state index in [1.807, 2.05) is 0 Å². The van der Waals surface area contributed by atoms with Crippen LogP contribution < -0.4 is 47.9 Å². The van der Waals surface area contributed by atoms with Crippen LogP contribution in [0.3, 0.4) is 0 Å². The van der Waals surface area contributed by atoms with Gasteiger partial charge in [0.15, 0.2) is 25.2 Å². The van der Waals surface area contributed by atoms with Crippen LogP contribution in [0.2, 0.25) is 0 Å². The molecule has 1 aliphatic carbocycles. The van der Waals surface area contributed by atoms with Crippen molar-refractivity contribution in [2.24, 2.45) is 5.92 Å². The molecule has 21 atom stereocenters. The molecule has 11 amide bonds. The van der Waals surface area contributed by atoms with Crippen LogP contribution >= 0.6 is 0 Å². The van der Waals surface area contributed by atoms with E-state index < -0.39 is 265 Å². The van der Waals surface area contributed by atoms with Gasteiger partial charge in [0.05, 0.1) is 112 Å². The predicted molar refractivity (Wildman–Crippen MR) is 395 cm³/mol. The Morgan fingerprint density at radius 3 is 0.924 bits per heavy atom. The minimum absolute atomic E-state index is 0.163. The van der Waals surface area contributed by atoms with Crippen molar-refractivity contribution in [2.45, 2.75) is 201 Å². The van der Waals surface area contributed by atoms with Gasteiger partial charge in [0.2, 0.25) is 65.0 Å². The first-order valence-corrected chi connectivity index (χ1v) is 38.9. The van der Waals surface area contributed by atoms with E-state index in [4.69, 9.17) is 61.7 Å². The summed E-state index contributed by atoms with van der Waals surface area (Å²) in [6.45, 7) is -4.66. The fourth-order valence-corrected chi connectivity index (χ4v) is 13.1. The van der Waals surface area contributed by atoms with Gasteiger partial charge in [-0.1, -0.05) is 0 Å². The number of hydrogen-bond donors (Lipinski definition) is 21. The third kappa shape index (κ3) is 34.6. The van der Waals surface area contributed by atoms with Crippen LogP contribution in [0, 0.1) is 5.92 Å². The van der Waals surface area contributed by atoms with E-state index in [2.05, 4.69) is 47.9 Å². The molecule has 0 aromatic carbocycles. The summed E-state index contributed by atoms with van der Waals surface area (Å²) >= 11 is 0. The number of hydrogen-bond acceptors (Lipinski definition) is 37. The number of aliphatic hydroxyl groups is 12. The molecule has 48 heteroatoms. The molecule has 0 bridgehead atoms. The maximum atomic E-state index is 15.2. The summed E-state index contributed by atoms with van der Waals surface area (Å²) in [6.07, 6.45) is -23.2. The summed E-state index contributed by atoms with van der Waals surface area (Å²) in [5.74, 6) is -9.10. The molecule has 48 nitrogen and oxygen atoms in total. The molecule has 678 valence electrons. The number of rotatable bonds is 52. The average Bonchev–Trinajstić information content (AvgIpc) is 0.821. The van der Waals surface area contributed by atoms with Crippen molar-refractivity contribution in [1.82, 2.24) is 62.7 Å². The lowest BCUT2D eigenvalue weighted by molar-refractivity contribution is -0.272. The van der Waals surface area contributed by atoms with Gasteiger partial charge in [0.1, 0.15) is 130 Å². The molecule has 5 rings (SSSR count). The lowest BCUT2D eigenvalue weighted by atomic mass is 9.86. The highest BCUT2D eigenvalue weighted by Crippen LogP contribution is 2.29. The zero-order valence-electron chi connectivity index (χ0n) is 67.0. The van der Waals surface area contributed by atoms with Crippen molar-refractivity contribution in [3.63, 3.8) is 0 Å². The van der Waals surface area contributed by atoms with E-state index in [9.17, 15) is 109 Å². The van der Waals surface area contributed by atoms with E-state index >= 15 is 4.79 Å². The van der Waals surface area contributed by atoms with Gasteiger partial charge < -0.3 is 176 Å². The predicted octanol–water partition coefficient (Wildman–Crippen LogP) is -13.7. The normalized spacial score (nSPS) is 29.2. The summed E-state index contributed by atoms with van der Waals surface area (Å²) in [7, 11) is 3.39. The number of carbonyl (C=O) groups is 11. The smallest absolute Gasteiger partial charge is 0.246 e. The number of ether oxygens (including phenoxy) is 12. The van der Waals surface area contributed by atoms with Gasteiger partial charge in [-0.2, -0.15) is 5.06 Å². The molecule has 0 radical (unpaired) electrons. The molecule has 0 aromatic heterocycles. The third-order valence-corrected chi connectivity index (χ3v) is 19.0. The van der Waals surface area contributed by atoms with Gasteiger partial charge in [-0.25, -0.2) is 0 Å². The molecule has 4 heterocycles. The molecule has 21 unspecified atom stereocenters. The number of nitrogens with one attached hydrogen (secondary N) is 9. The molecular weight excluding hydrogens is 1580 g/mol. The van der Waals surface area contributed by atoms with Crippen LogP contribution in [0.25, 0.3) is 0 Å². The minimum atomic E-state index is -1.71. The number of hydroxylamine groups is 2. The molecular formula is C70H122N12O36. The van der Waals surface area contributed by atoms with Gasteiger partial charge in [-0.05, 0) is 32.1 Å². The molecule has 0 spiro atoms. The number of carbonyl (C=O) groups excluding carboxylic acids is 11. The second-order valence-electron chi connectivity index (χ2n) is 28.5. The van der Waals surface area contributed by atoms with Crippen molar-refractivity contribution in [1.29, 1.82) is 0 Å². The molecule has 1 saturated carbocycles. The standard InChI is InChI=1S/C70H122N12O36/c1-37(87)75-53-61(100)57(96)44(33-83)114-67(53)110-25-21-106-17-13-71-48(91)29-81(30-49(92)72-14-18-107-22-26-111-68-54(76-38(2)88)62(101)58(97)45(34-84)115-68)52(95)12-11-43(79-65(104)41-7-9-42(10-8-41)118-80(5)6)66(105)82(31-50(93)73-15-19-108-23-27-112-69-55(77-39(3)89)63(102)59(98)46(35-85)116-69)32-51(94)74-16-20-109-24-28-113-70-56(78-40(4)90)64(103)60(99)47(36-86)117-70/h41-47,53-64,67-70,83-86,96-103H,7-36H2,1-6H3,(H,71,91)(H,72,92)(H,73,93)(H,74,94)(H,75,87)(H,76,88)(H,77,89)(H,78,90)(H,79,104). The molecule has 4 aliphatic heterocycles. The van der Waals surface area contributed by atoms with Gasteiger partial charge in [0, 0.05) is 80.3 Å². The maximum absolute atomic E-state index is 15.2. The van der Waals surface area contributed by atoms with Crippen LogP contribution in [-0.4, -0.2) is 448 Å². The molecule has 5 aliphatic rings. The van der Waals surface area contributed by atoms with E-state index in [0.29, 0.717) is 12.8 Å². The Hall–Kier alpha value is -6.87. The van der Waals surface area contributed by atoms with Crippen molar-refractivity contribution in [3.8, 4) is 0 Å². The maximum Gasteiger partial charge on any atom is 0.246 e. The summed E-state index contributed by atoms with van der Waals surface area (Å²) in [5.41, 5.74) is 0. The van der Waals surface area contributed by atoms with Gasteiger partial charge in [0.25, 0.3) is 0 Å². The first kappa shape index (κ1) is 102. The van der Waals surface area contributed by atoms with E-state index in [0.717, 1.165) is 37.5 Å². The second kappa shape index (κ2) is 53.8. The fourth-order valence-electron chi connectivity index (χ4n) is 13.1. The van der Waals surface area contributed by atoms with Gasteiger partial charge in [-0.15, -0.1) is 0 Å². The monoisotopic (exact) mass is 1710 g/mol. The topological polar surface area (TPSA) is 669 Å². The Kier molecular flexibility index (Phi) is 46.4. The number of aliphatic hydroxyl groups excluding tert-OH is 12. The molecule has 0 aromatic rings. The number of amides is 11. The van der Waals surface area contributed by atoms with E-state index in [1.54, 1.807) is 14.1 Å². The zero-order valence-corrected chi connectivity index (χ0v) is 67.0. The highest BCUT2D eigenvalue weighted by Gasteiger charge is 2.50. The van der Waals surface area contributed by atoms with Crippen LogP contribution in [-0.2, 0) is 114 Å². The fraction of sp³-hybridized carbons (Fsp3) is 0.843. The zero-order chi connectivity index (χ0) is 87.1. The van der Waals surface area contributed by atoms with Crippen molar-refractivity contribution < 1.29 is 176 Å². The summed E-state index contributed by atoms with van der Waals surface area (Å²) in [6, 6.07) is -6.68. The Labute approximate surface area is 680 Å². The molecule has 5 fully saturated rings. The summed E-state index contributed by atoms with van der Waals surface area (Å²) < 4.78 is 67.3. The Morgan fingerprint density at radius 1 is 0.381 bits per heavy atom. The first-order valence-electron chi connectivity index (χ1n) is 38.9. The quantitative estimate of drug-likeness (QED) is 0.0199. The molecule has 4 saturated heterocycles. The van der Waals surface area contributed by atoms with E-state index in [1.165, 1.54) is 5.06 Å². The molecule has 118 heavy (non-hydrogen) atoms. The Balaban J connectivity index is 1.32. The highest BCUT2D eigenvalue weighted by atomic mass is 16.7. The average molecular weight is 1710 g/mol. The van der Waals surface area contributed by atoms with Crippen LogP contribution in [0.5, 0.6) is 0 Å². The largest absolute Gasteiger partial charge is 0.394 e. The van der Waals surface area contributed by atoms with Crippen LogP contribution in [0.1, 0.15) is 66.2 Å². The second-order valence-corrected chi connectivity index (χ2v) is 28.5. The lowest BCUT2D eigenvalue weighted by Gasteiger charge is -2.42. The van der Waals surface area contributed by atoms with Gasteiger partial charge >= 0.3 is 0 Å². The van der Waals surface area contributed by atoms with Crippen molar-refractivity contribution >= 4 is 65.0 Å². The Morgan fingerprint density at radius 2 is 0.661 bits per heavy atom. The summed E-state index contributed by atoms with van der Waals surface area (Å²) in [4.78, 5) is 155. The summed E-state index contributed by atoms with van der Waals surface area (Å²) in [5, 5.41) is 147. The van der Waals surface area contributed by atoms with Gasteiger partial charge in [-0.3, -0.25) is 57.6 Å². The SMILES string of the molecule is CC(=O)NC1C(OCCOCCNC(=O)CN(CC(=O)NCCOCCOC2OC(CO)C(O)C(O)C2NC(C)=O)C(=O)CCC(NC(=O)C2CCC(ON(C)C)CC2)C(=O)N(CC(=O)NCCOCCOC2OC(CO)C(O)C(O)C2NC(C)=O)CC(=O)NCCOCCOC2OC(CO)C(O)C(O)C2NC(C)=O)OC(CO)C(O)C1O. The van der Waals surface area contributed by atoms with Crippen molar-refractivity contribution in [3.05, 3.63) is 0 Å². The van der Waals surface area contributed by atoms with E-state index in [-0.39, 0.29) is 124 Å². The third-order valence-electron chi connectivity index (χ3n) is 19.0. The van der Waals surface area contributed by atoms with Crippen molar-refractivity contribution in [2.75, 3.05) is 172 Å². The minimum Gasteiger partial charge on any atom is -0.394 e. The number of nitrogens with zero attached hydrogens (tertiary/aromatic N) is 3.